The molecule has 140 valence electrons. The van der Waals surface area contributed by atoms with Gasteiger partial charge in [-0.3, -0.25) is 4.99 Å². The van der Waals surface area contributed by atoms with Gasteiger partial charge in [-0.05, 0) is 48.2 Å². The van der Waals surface area contributed by atoms with E-state index < -0.39 is 0 Å². The third-order valence-electron chi connectivity index (χ3n) is 4.25. The second-order valence-corrected chi connectivity index (χ2v) is 6.33. The molecular formula is C21H30N4O. The van der Waals surface area contributed by atoms with E-state index in [2.05, 4.69) is 71.0 Å². The van der Waals surface area contributed by atoms with Crippen molar-refractivity contribution in [3.05, 3.63) is 59.7 Å². The van der Waals surface area contributed by atoms with Gasteiger partial charge in [-0.2, -0.15) is 0 Å². The van der Waals surface area contributed by atoms with Crippen LogP contribution in [0.5, 0.6) is 5.75 Å². The normalized spacial score (nSPS) is 11.2. The molecule has 0 radical (unpaired) electrons. The summed E-state index contributed by atoms with van der Waals surface area (Å²) >= 11 is 0. The lowest BCUT2D eigenvalue weighted by molar-refractivity contribution is 0.414. The van der Waals surface area contributed by atoms with Crippen molar-refractivity contribution in [2.24, 2.45) is 4.99 Å². The lowest BCUT2D eigenvalue weighted by atomic mass is 10.1. The highest BCUT2D eigenvalue weighted by molar-refractivity contribution is 5.79. The molecule has 0 aliphatic rings. The van der Waals surface area contributed by atoms with Crippen molar-refractivity contribution in [3.8, 4) is 5.75 Å². The first kappa shape index (κ1) is 19.6. The summed E-state index contributed by atoms with van der Waals surface area (Å²) in [6, 6.07) is 16.8. The fourth-order valence-corrected chi connectivity index (χ4v) is 2.62. The number of rotatable bonds is 8. The summed E-state index contributed by atoms with van der Waals surface area (Å²) in [6.07, 6.45) is 1.91. The van der Waals surface area contributed by atoms with Gasteiger partial charge in [0.1, 0.15) is 5.75 Å². The van der Waals surface area contributed by atoms with Gasteiger partial charge in [-0.15, -0.1) is 0 Å². The molecule has 26 heavy (non-hydrogen) atoms. The molecule has 2 N–H and O–H groups in total. The van der Waals surface area contributed by atoms with Crippen LogP contribution in [-0.2, 0) is 12.8 Å². The molecule has 2 aromatic rings. The van der Waals surface area contributed by atoms with Gasteiger partial charge in [-0.25, -0.2) is 0 Å². The second kappa shape index (κ2) is 10.3. The fraction of sp³-hybridized carbons (Fsp3) is 0.381. The minimum absolute atomic E-state index is 0.837. The standard InChI is InChI=1S/C21H30N4O/c1-22-21(24-16-14-18-7-11-20(26-4)12-8-18)23-15-13-17-5-9-19(10-6-17)25(2)3/h5-12H,13-16H2,1-4H3,(H2,22,23,24). The Hall–Kier alpha value is -2.69. The third-order valence-corrected chi connectivity index (χ3v) is 4.25. The van der Waals surface area contributed by atoms with Gasteiger partial charge in [0, 0.05) is 39.9 Å². The van der Waals surface area contributed by atoms with E-state index >= 15 is 0 Å². The summed E-state index contributed by atoms with van der Waals surface area (Å²) < 4.78 is 5.18. The number of ether oxygens (including phenoxy) is 1. The zero-order valence-electron chi connectivity index (χ0n) is 16.2. The van der Waals surface area contributed by atoms with Crippen LogP contribution in [0.15, 0.2) is 53.5 Å². The Balaban J connectivity index is 1.70. The number of hydrogen-bond acceptors (Lipinski definition) is 3. The number of methoxy groups -OCH3 is 1. The molecule has 0 saturated heterocycles. The van der Waals surface area contributed by atoms with Gasteiger partial charge < -0.3 is 20.3 Å². The van der Waals surface area contributed by atoms with E-state index in [-0.39, 0.29) is 0 Å². The van der Waals surface area contributed by atoms with E-state index in [1.54, 1.807) is 14.2 Å². The van der Waals surface area contributed by atoms with Gasteiger partial charge in [0.2, 0.25) is 0 Å². The van der Waals surface area contributed by atoms with Crippen molar-refractivity contribution in [1.29, 1.82) is 0 Å². The average Bonchev–Trinajstić information content (AvgIpc) is 2.67. The molecule has 2 rings (SSSR count). The van der Waals surface area contributed by atoms with Crippen LogP contribution >= 0.6 is 0 Å². The van der Waals surface area contributed by atoms with E-state index in [1.165, 1.54) is 16.8 Å². The van der Waals surface area contributed by atoms with Crippen LogP contribution in [0.25, 0.3) is 0 Å². The summed E-state index contributed by atoms with van der Waals surface area (Å²) in [4.78, 5) is 6.39. The van der Waals surface area contributed by atoms with E-state index in [0.29, 0.717) is 0 Å². The smallest absolute Gasteiger partial charge is 0.190 e. The van der Waals surface area contributed by atoms with Crippen LogP contribution in [0.3, 0.4) is 0 Å². The van der Waals surface area contributed by atoms with Crippen molar-refractivity contribution in [1.82, 2.24) is 10.6 Å². The van der Waals surface area contributed by atoms with E-state index in [9.17, 15) is 0 Å². The predicted molar refractivity (Wildman–Crippen MR) is 111 cm³/mol. The molecule has 0 bridgehead atoms. The Bertz CT molecular complexity index is 678. The number of aliphatic imine (C=N–C) groups is 1. The molecule has 5 heteroatoms. The maximum atomic E-state index is 5.18. The number of nitrogens with zero attached hydrogens (tertiary/aromatic N) is 2. The number of hydrogen-bond donors (Lipinski definition) is 2. The van der Waals surface area contributed by atoms with Gasteiger partial charge in [0.25, 0.3) is 0 Å². The molecule has 0 aliphatic carbocycles. The van der Waals surface area contributed by atoms with Crippen LogP contribution in [0.4, 0.5) is 5.69 Å². The lowest BCUT2D eigenvalue weighted by Crippen LogP contribution is -2.39. The summed E-state index contributed by atoms with van der Waals surface area (Å²) in [6.45, 7) is 1.69. The van der Waals surface area contributed by atoms with Gasteiger partial charge in [-0.1, -0.05) is 24.3 Å². The second-order valence-electron chi connectivity index (χ2n) is 6.33. The minimum atomic E-state index is 0.837. The molecule has 2 aromatic carbocycles. The van der Waals surface area contributed by atoms with Crippen molar-refractivity contribution in [3.63, 3.8) is 0 Å². The van der Waals surface area contributed by atoms with E-state index in [1.807, 2.05) is 12.1 Å². The highest BCUT2D eigenvalue weighted by Crippen LogP contribution is 2.12. The molecule has 0 heterocycles. The first-order valence-corrected chi connectivity index (χ1v) is 8.96. The van der Waals surface area contributed by atoms with Gasteiger partial charge in [0.15, 0.2) is 5.96 Å². The number of benzene rings is 2. The number of guanidine groups is 1. The van der Waals surface area contributed by atoms with Gasteiger partial charge >= 0.3 is 0 Å². The molecular weight excluding hydrogens is 324 g/mol. The molecule has 0 fully saturated rings. The Morgan fingerprint density at radius 2 is 1.38 bits per heavy atom. The van der Waals surface area contributed by atoms with E-state index in [4.69, 9.17) is 4.74 Å². The Kier molecular flexibility index (Phi) is 7.80. The third kappa shape index (κ3) is 6.31. The van der Waals surface area contributed by atoms with Crippen LogP contribution in [0.1, 0.15) is 11.1 Å². The molecule has 0 atom stereocenters. The zero-order chi connectivity index (χ0) is 18.8. The maximum absolute atomic E-state index is 5.18. The number of nitrogens with one attached hydrogen (secondary N) is 2. The first-order chi connectivity index (χ1) is 12.6. The Morgan fingerprint density at radius 3 is 1.81 bits per heavy atom. The van der Waals surface area contributed by atoms with Crippen LogP contribution in [-0.4, -0.2) is 47.3 Å². The number of anilines is 1. The topological polar surface area (TPSA) is 48.9 Å². The summed E-state index contributed by atoms with van der Waals surface area (Å²) in [5, 5.41) is 6.73. The van der Waals surface area contributed by atoms with E-state index in [0.717, 1.165) is 37.6 Å². The van der Waals surface area contributed by atoms with Crippen molar-refractivity contribution in [2.45, 2.75) is 12.8 Å². The predicted octanol–water partition coefficient (Wildman–Crippen LogP) is 2.71. The lowest BCUT2D eigenvalue weighted by Gasteiger charge is -2.14. The molecule has 0 unspecified atom stereocenters. The molecule has 0 amide bonds. The largest absolute Gasteiger partial charge is 0.497 e. The molecule has 5 nitrogen and oxygen atoms in total. The van der Waals surface area contributed by atoms with Crippen LogP contribution in [0, 0.1) is 0 Å². The highest BCUT2D eigenvalue weighted by atomic mass is 16.5. The Morgan fingerprint density at radius 1 is 0.885 bits per heavy atom. The summed E-state index contributed by atoms with van der Waals surface area (Å²) in [5.74, 6) is 1.72. The molecule has 0 spiro atoms. The first-order valence-electron chi connectivity index (χ1n) is 8.96. The van der Waals surface area contributed by atoms with Crippen molar-refractivity contribution >= 4 is 11.6 Å². The van der Waals surface area contributed by atoms with Crippen LogP contribution < -0.4 is 20.3 Å². The Labute approximate surface area is 157 Å². The molecule has 0 aliphatic heterocycles. The van der Waals surface area contributed by atoms with Gasteiger partial charge in [0.05, 0.1) is 7.11 Å². The quantitative estimate of drug-likeness (QED) is 0.565. The summed E-state index contributed by atoms with van der Waals surface area (Å²) in [5.41, 5.74) is 3.81. The molecule has 0 saturated carbocycles. The maximum Gasteiger partial charge on any atom is 0.190 e. The zero-order valence-corrected chi connectivity index (χ0v) is 16.2. The van der Waals surface area contributed by atoms with Crippen LogP contribution in [0.2, 0.25) is 0 Å². The van der Waals surface area contributed by atoms with Crippen molar-refractivity contribution in [2.75, 3.05) is 46.2 Å². The SMILES string of the molecule is CN=C(NCCc1ccc(OC)cc1)NCCc1ccc(N(C)C)cc1. The van der Waals surface area contributed by atoms with Crippen molar-refractivity contribution < 1.29 is 4.74 Å². The average molecular weight is 354 g/mol. The summed E-state index contributed by atoms with van der Waals surface area (Å²) in [7, 11) is 7.59. The monoisotopic (exact) mass is 354 g/mol. The highest BCUT2D eigenvalue weighted by Gasteiger charge is 2.00. The fourth-order valence-electron chi connectivity index (χ4n) is 2.62. The minimum Gasteiger partial charge on any atom is -0.497 e. The molecule has 0 aromatic heterocycles.